The molecule has 5 nitrogen and oxygen atoms in total. The van der Waals surface area contributed by atoms with E-state index in [4.69, 9.17) is 0 Å². The molecule has 0 aliphatic carbocycles. The molecule has 0 radical (unpaired) electrons. The van der Waals surface area contributed by atoms with E-state index in [9.17, 15) is 4.79 Å². The quantitative estimate of drug-likeness (QED) is 0.821. The zero-order valence-corrected chi connectivity index (χ0v) is 9.65. The van der Waals surface area contributed by atoms with Gasteiger partial charge in [0.25, 0.3) is 0 Å². The van der Waals surface area contributed by atoms with E-state index < -0.39 is 0 Å². The standard InChI is InChI=1S/C11H18N4O/c1-2-15-10(13-8-14-15)7-9-5-3-4-6-12-11(9)16/h8-9H,2-7H2,1H3,(H,12,16). The Morgan fingerprint density at radius 2 is 2.44 bits per heavy atom. The maximum absolute atomic E-state index is 11.8. The third-order valence-electron chi connectivity index (χ3n) is 3.07. The minimum atomic E-state index is 0.0667. The lowest BCUT2D eigenvalue weighted by atomic mass is 9.98. The van der Waals surface area contributed by atoms with Crippen LogP contribution in [0.5, 0.6) is 0 Å². The summed E-state index contributed by atoms with van der Waals surface area (Å²) in [6.45, 7) is 3.66. The van der Waals surface area contributed by atoms with Gasteiger partial charge in [0.1, 0.15) is 12.2 Å². The highest BCUT2D eigenvalue weighted by atomic mass is 16.1. The Morgan fingerprint density at radius 3 is 3.25 bits per heavy atom. The zero-order chi connectivity index (χ0) is 11.4. The summed E-state index contributed by atoms with van der Waals surface area (Å²) in [5.41, 5.74) is 0. The molecule has 1 unspecified atom stereocenters. The van der Waals surface area contributed by atoms with Gasteiger partial charge in [-0.3, -0.25) is 9.48 Å². The lowest BCUT2D eigenvalue weighted by Gasteiger charge is -2.12. The predicted molar refractivity (Wildman–Crippen MR) is 59.8 cm³/mol. The molecule has 88 valence electrons. The molecule has 1 fully saturated rings. The van der Waals surface area contributed by atoms with Crippen molar-refractivity contribution in [1.29, 1.82) is 0 Å². The van der Waals surface area contributed by atoms with Gasteiger partial charge in [-0.05, 0) is 19.8 Å². The number of rotatable bonds is 3. The van der Waals surface area contributed by atoms with Gasteiger partial charge >= 0.3 is 0 Å². The first-order valence-corrected chi connectivity index (χ1v) is 5.95. The third-order valence-corrected chi connectivity index (χ3v) is 3.07. The topological polar surface area (TPSA) is 59.8 Å². The largest absolute Gasteiger partial charge is 0.356 e. The van der Waals surface area contributed by atoms with Crippen molar-refractivity contribution in [3.8, 4) is 0 Å². The average Bonchev–Trinajstić information content (AvgIpc) is 2.64. The van der Waals surface area contributed by atoms with Gasteiger partial charge in [0, 0.05) is 25.4 Å². The second-order valence-corrected chi connectivity index (χ2v) is 4.18. The molecule has 0 saturated carbocycles. The molecule has 1 atom stereocenters. The van der Waals surface area contributed by atoms with Gasteiger partial charge in [0.05, 0.1) is 0 Å². The number of aromatic nitrogens is 3. The fraction of sp³-hybridized carbons (Fsp3) is 0.727. The van der Waals surface area contributed by atoms with Gasteiger partial charge in [0.15, 0.2) is 0 Å². The summed E-state index contributed by atoms with van der Waals surface area (Å²) in [6.07, 6.45) is 5.43. The zero-order valence-electron chi connectivity index (χ0n) is 9.65. The molecular weight excluding hydrogens is 204 g/mol. The van der Waals surface area contributed by atoms with Gasteiger partial charge in [-0.25, -0.2) is 4.98 Å². The number of nitrogens with one attached hydrogen (secondary N) is 1. The van der Waals surface area contributed by atoms with Gasteiger partial charge in [-0.2, -0.15) is 5.10 Å². The molecule has 16 heavy (non-hydrogen) atoms. The second kappa shape index (κ2) is 5.09. The van der Waals surface area contributed by atoms with Gasteiger partial charge in [0.2, 0.25) is 5.91 Å². The molecule has 1 aliphatic rings. The Morgan fingerprint density at radius 1 is 1.56 bits per heavy atom. The van der Waals surface area contributed by atoms with Crippen LogP contribution in [-0.4, -0.2) is 27.2 Å². The van der Waals surface area contributed by atoms with E-state index in [1.165, 1.54) is 0 Å². The van der Waals surface area contributed by atoms with Crippen LogP contribution in [0.15, 0.2) is 6.33 Å². The lowest BCUT2D eigenvalue weighted by molar-refractivity contribution is -0.124. The molecule has 2 rings (SSSR count). The monoisotopic (exact) mass is 222 g/mol. The van der Waals surface area contributed by atoms with Crippen molar-refractivity contribution < 1.29 is 4.79 Å². The Labute approximate surface area is 95.2 Å². The summed E-state index contributed by atoms with van der Waals surface area (Å²) >= 11 is 0. The Hall–Kier alpha value is -1.39. The van der Waals surface area contributed by atoms with Gasteiger partial charge < -0.3 is 5.32 Å². The third kappa shape index (κ3) is 2.40. The summed E-state index contributed by atoms with van der Waals surface area (Å²) < 4.78 is 1.86. The molecule has 1 amide bonds. The van der Waals surface area contributed by atoms with Crippen molar-refractivity contribution >= 4 is 5.91 Å². The van der Waals surface area contributed by atoms with Crippen molar-refractivity contribution in [1.82, 2.24) is 20.1 Å². The smallest absolute Gasteiger partial charge is 0.223 e. The Kier molecular flexibility index (Phi) is 3.54. The van der Waals surface area contributed by atoms with Crippen molar-refractivity contribution in [3.63, 3.8) is 0 Å². The molecule has 0 aromatic carbocycles. The molecule has 0 bridgehead atoms. The Bertz CT molecular complexity index is 361. The maximum Gasteiger partial charge on any atom is 0.223 e. The summed E-state index contributed by atoms with van der Waals surface area (Å²) in [6, 6.07) is 0. The van der Waals surface area contributed by atoms with Crippen LogP contribution in [-0.2, 0) is 17.8 Å². The van der Waals surface area contributed by atoms with Crippen molar-refractivity contribution in [2.24, 2.45) is 5.92 Å². The highest BCUT2D eigenvalue weighted by molar-refractivity contribution is 5.79. The van der Waals surface area contributed by atoms with Crippen LogP contribution in [0.3, 0.4) is 0 Å². The van der Waals surface area contributed by atoms with E-state index >= 15 is 0 Å². The summed E-state index contributed by atoms with van der Waals surface area (Å²) in [5, 5.41) is 7.07. The first-order chi connectivity index (χ1) is 7.81. The van der Waals surface area contributed by atoms with Crippen LogP contribution in [0, 0.1) is 5.92 Å². The summed E-state index contributed by atoms with van der Waals surface area (Å²) in [4.78, 5) is 16.0. The molecule has 1 aliphatic heterocycles. The lowest BCUT2D eigenvalue weighted by Crippen LogP contribution is -2.30. The minimum absolute atomic E-state index is 0.0667. The molecule has 1 aromatic heterocycles. The molecule has 5 heteroatoms. The van der Waals surface area contributed by atoms with E-state index in [2.05, 4.69) is 15.4 Å². The molecule has 1 N–H and O–H groups in total. The van der Waals surface area contributed by atoms with Crippen LogP contribution in [0.4, 0.5) is 0 Å². The normalized spacial score (nSPS) is 21.6. The van der Waals surface area contributed by atoms with Crippen molar-refractivity contribution in [3.05, 3.63) is 12.2 Å². The van der Waals surface area contributed by atoms with Crippen LogP contribution < -0.4 is 5.32 Å². The summed E-state index contributed by atoms with van der Waals surface area (Å²) in [5.74, 6) is 1.16. The van der Waals surface area contributed by atoms with E-state index in [1.807, 2.05) is 11.6 Å². The van der Waals surface area contributed by atoms with E-state index in [0.717, 1.165) is 38.2 Å². The van der Waals surface area contributed by atoms with Crippen LogP contribution in [0.25, 0.3) is 0 Å². The van der Waals surface area contributed by atoms with Crippen molar-refractivity contribution in [2.45, 2.75) is 39.2 Å². The molecule has 1 saturated heterocycles. The highest BCUT2D eigenvalue weighted by Crippen LogP contribution is 2.16. The number of aryl methyl sites for hydroxylation is 1. The maximum atomic E-state index is 11.8. The number of nitrogens with zero attached hydrogens (tertiary/aromatic N) is 3. The predicted octanol–water partition coefficient (Wildman–Crippen LogP) is 0.757. The first kappa shape index (κ1) is 11.1. The molecular formula is C11H18N4O. The fourth-order valence-electron chi connectivity index (χ4n) is 2.13. The van der Waals surface area contributed by atoms with Crippen LogP contribution in [0.2, 0.25) is 0 Å². The van der Waals surface area contributed by atoms with Crippen LogP contribution in [0.1, 0.15) is 32.0 Å². The summed E-state index contributed by atoms with van der Waals surface area (Å²) in [7, 11) is 0. The average molecular weight is 222 g/mol. The second-order valence-electron chi connectivity index (χ2n) is 4.18. The van der Waals surface area contributed by atoms with E-state index in [-0.39, 0.29) is 11.8 Å². The number of hydrogen-bond acceptors (Lipinski definition) is 3. The van der Waals surface area contributed by atoms with E-state index in [1.54, 1.807) is 6.33 Å². The van der Waals surface area contributed by atoms with Gasteiger partial charge in [-0.1, -0.05) is 6.42 Å². The highest BCUT2D eigenvalue weighted by Gasteiger charge is 2.22. The first-order valence-electron chi connectivity index (χ1n) is 5.95. The Balaban J connectivity index is 2.04. The minimum Gasteiger partial charge on any atom is -0.356 e. The fourth-order valence-corrected chi connectivity index (χ4v) is 2.13. The van der Waals surface area contributed by atoms with Crippen LogP contribution >= 0.6 is 0 Å². The number of carbonyl (C=O) groups excluding carboxylic acids is 1. The van der Waals surface area contributed by atoms with Gasteiger partial charge in [-0.15, -0.1) is 0 Å². The molecule has 0 spiro atoms. The number of carbonyl (C=O) groups is 1. The number of amides is 1. The van der Waals surface area contributed by atoms with Crippen molar-refractivity contribution in [2.75, 3.05) is 6.54 Å². The SMILES string of the molecule is CCn1ncnc1CC1CCCCNC1=O. The molecule has 1 aromatic rings. The number of hydrogen-bond donors (Lipinski definition) is 1. The van der Waals surface area contributed by atoms with E-state index in [0.29, 0.717) is 6.42 Å². The molecule has 2 heterocycles.